The van der Waals surface area contributed by atoms with E-state index >= 15 is 0 Å². The first-order valence-electron chi connectivity index (χ1n) is 7.15. The van der Waals surface area contributed by atoms with Gasteiger partial charge < -0.3 is 15.3 Å². The van der Waals surface area contributed by atoms with E-state index in [1.165, 1.54) is 0 Å². The molecular weight excluding hydrogens is 240 g/mol. The van der Waals surface area contributed by atoms with Gasteiger partial charge in [-0.25, -0.2) is 0 Å². The van der Waals surface area contributed by atoms with Crippen molar-refractivity contribution in [2.24, 2.45) is 11.8 Å². The van der Waals surface area contributed by atoms with E-state index < -0.39 is 5.97 Å². The summed E-state index contributed by atoms with van der Waals surface area (Å²) < 4.78 is 0. The zero-order valence-electron chi connectivity index (χ0n) is 11.4. The van der Waals surface area contributed by atoms with E-state index in [1.807, 2.05) is 6.08 Å². The number of carboxylic acids is 1. The zero-order valence-corrected chi connectivity index (χ0v) is 11.4. The van der Waals surface area contributed by atoms with Crippen LogP contribution in [0.1, 0.15) is 19.3 Å². The Kier molecular flexibility index (Phi) is 5.16. The van der Waals surface area contributed by atoms with E-state index in [1.54, 1.807) is 0 Å². The van der Waals surface area contributed by atoms with Gasteiger partial charge >= 0.3 is 5.97 Å². The number of nitrogens with one attached hydrogen (secondary N) is 1. The summed E-state index contributed by atoms with van der Waals surface area (Å²) in [6, 6.07) is 0.429. The van der Waals surface area contributed by atoms with Crippen molar-refractivity contribution in [2.75, 3.05) is 26.2 Å². The first-order chi connectivity index (χ1) is 9.20. The van der Waals surface area contributed by atoms with Crippen molar-refractivity contribution in [1.82, 2.24) is 10.2 Å². The van der Waals surface area contributed by atoms with Gasteiger partial charge in [0.25, 0.3) is 0 Å². The van der Waals surface area contributed by atoms with Crippen molar-refractivity contribution in [3.05, 3.63) is 24.8 Å². The van der Waals surface area contributed by atoms with E-state index in [-0.39, 0.29) is 5.92 Å². The summed E-state index contributed by atoms with van der Waals surface area (Å²) in [6.07, 6.45) is 9.00. The largest absolute Gasteiger partial charge is 0.481 e. The number of aliphatic carboxylic acids is 1. The smallest absolute Gasteiger partial charge is 0.307 e. The van der Waals surface area contributed by atoms with E-state index in [9.17, 15) is 9.90 Å². The number of piperidine rings is 1. The van der Waals surface area contributed by atoms with E-state index in [2.05, 4.69) is 28.9 Å². The Morgan fingerprint density at radius 1 is 1.47 bits per heavy atom. The number of hydrogen-bond donors (Lipinski definition) is 2. The Morgan fingerprint density at radius 3 is 2.95 bits per heavy atom. The number of carbonyl (C=O) groups is 1. The second-order valence-corrected chi connectivity index (χ2v) is 5.59. The third-order valence-electron chi connectivity index (χ3n) is 4.18. The van der Waals surface area contributed by atoms with Crippen molar-refractivity contribution in [2.45, 2.75) is 25.3 Å². The molecule has 1 saturated heterocycles. The van der Waals surface area contributed by atoms with Gasteiger partial charge in [0.15, 0.2) is 0 Å². The summed E-state index contributed by atoms with van der Waals surface area (Å²) in [4.78, 5) is 13.6. The average Bonchev–Trinajstić information content (AvgIpc) is 2.45. The molecule has 0 aromatic rings. The van der Waals surface area contributed by atoms with Crippen LogP contribution in [-0.4, -0.2) is 48.2 Å². The third kappa shape index (κ3) is 3.91. The molecule has 2 aliphatic heterocycles. The number of rotatable bonds is 5. The monoisotopic (exact) mass is 264 g/mol. The van der Waals surface area contributed by atoms with Crippen LogP contribution < -0.4 is 5.32 Å². The predicted molar refractivity (Wildman–Crippen MR) is 76.0 cm³/mol. The molecule has 0 bridgehead atoms. The first kappa shape index (κ1) is 14.3. The molecule has 19 heavy (non-hydrogen) atoms. The van der Waals surface area contributed by atoms with Crippen LogP contribution in [-0.2, 0) is 4.79 Å². The topological polar surface area (TPSA) is 52.6 Å². The number of nitrogens with zero attached hydrogens (tertiary/aromatic N) is 1. The van der Waals surface area contributed by atoms with E-state index in [4.69, 9.17) is 0 Å². The Labute approximate surface area is 115 Å². The van der Waals surface area contributed by atoms with Gasteiger partial charge in [0, 0.05) is 32.2 Å². The molecule has 4 heteroatoms. The van der Waals surface area contributed by atoms with Crippen LogP contribution in [0.2, 0.25) is 0 Å². The molecular formula is C15H24N2O2. The van der Waals surface area contributed by atoms with Gasteiger partial charge in [-0.1, -0.05) is 18.2 Å². The lowest BCUT2D eigenvalue weighted by Crippen LogP contribution is -2.50. The van der Waals surface area contributed by atoms with Crippen LogP contribution in [0.25, 0.3) is 0 Å². The van der Waals surface area contributed by atoms with Gasteiger partial charge in [-0.15, -0.1) is 6.58 Å². The fourth-order valence-electron chi connectivity index (χ4n) is 3.15. The maximum atomic E-state index is 11.3. The molecule has 0 aromatic carbocycles. The molecule has 2 rings (SSSR count). The van der Waals surface area contributed by atoms with Gasteiger partial charge in [-0.2, -0.15) is 0 Å². The summed E-state index contributed by atoms with van der Waals surface area (Å²) in [7, 11) is 0. The van der Waals surface area contributed by atoms with Gasteiger partial charge in [-0.3, -0.25) is 4.79 Å². The molecule has 4 nitrogen and oxygen atoms in total. The summed E-state index contributed by atoms with van der Waals surface area (Å²) in [5.41, 5.74) is 0. The predicted octanol–water partition coefficient (Wildman–Crippen LogP) is 1.50. The highest BCUT2D eigenvalue weighted by atomic mass is 16.4. The maximum absolute atomic E-state index is 11.3. The van der Waals surface area contributed by atoms with Crippen LogP contribution in [0.5, 0.6) is 0 Å². The third-order valence-corrected chi connectivity index (χ3v) is 4.18. The molecule has 0 spiro atoms. The van der Waals surface area contributed by atoms with Crippen molar-refractivity contribution in [3.8, 4) is 0 Å². The van der Waals surface area contributed by atoms with Gasteiger partial charge in [-0.05, 0) is 25.2 Å². The highest BCUT2D eigenvalue weighted by Gasteiger charge is 2.34. The lowest BCUT2D eigenvalue weighted by atomic mass is 9.82. The van der Waals surface area contributed by atoms with Crippen LogP contribution in [0.3, 0.4) is 0 Å². The lowest BCUT2D eigenvalue weighted by molar-refractivity contribution is -0.144. The van der Waals surface area contributed by atoms with Crippen molar-refractivity contribution in [3.63, 3.8) is 0 Å². The lowest BCUT2D eigenvalue weighted by Gasteiger charge is -2.40. The highest BCUT2D eigenvalue weighted by molar-refractivity contribution is 5.70. The standard InChI is InChI=1S/C15H24N2O2/c1-2-3-8-17-10-12(9-13(11-17)15(18)19)14-6-4-5-7-16-14/h2,4-5,12-14,16H,1,3,6-11H2,(H,18,19)/t12-,13+,14+/m0/s1. The molecule has 0 unspecified atom stereocenters. The molecule has 2 heterocycles. The molecule has 2 N–H and O–H groups in total. The molecule has 0 saturated carbocycles. The molecule has 106 valence electrons. The normalized spacial score (nSPS) is 32.1. The summed E-state index contributed by atoms with van der Waals surface area (Å²) in [5.74, 6) is -0.444. The summed E-state index contributed by atoms with van der Waals surface area (Å²) in [6.45, 7) is 7.26. The highest BCUT2D eigenvalue weighted by Crippen LogP contribution is 2.27. The minimum atomic E-state index is -0.653. The van der Waals surface area contributed by atoms with Crippen molar-refractivity contribution in [1.29, 1.82) is 0 Å². The second-order valence-electron chi connectivity index (χ2n) is 5.59. The minimum Gasteiger partial charge on any atom is -0.481 e. The molecule has 0 radical (unpaired) electrons. The first-order valence-corrected chi connectivity index (χ1v) is 7.15. The quantitative estimate of drug-likeness (QED) is 0.739. The van der Waals surface area contributed by atoms with E-state index in [0.29, 0.717) is 18.5 Å². The average molecular weight is 264 g/mol. The Balaban J connectivity index is 1.98. The Morgan fingerprint density at radius 2 is 2.32 bits per heavy atom. The molecule has 0 amide bonds. The van der Waals surface area contributed by atoms with Crippen LogP contribution in [0.15, 0.2) is 24.8 Å². The molecule has 0 aliphatic carbocycles. The molecule has 3 atom stereocenters. The Hall–Kier alpha value is -1.13. The van der Waals surface area contributed by atoms with Crippen LogP contribution >= 0.6 is 0 Å². The van der Waals surface area contributed by atoms with Gasteiger partial charge in [0.2, 0.25) is 0 Å². The van der Waals surface area contributed by atoms with Gasteiger partial charge in [0.05, 0.1) is 5.92 Å². The SMILES string of the molecule is C=CCCN1C[C@H](C(=O)O)C[C@H]([C@H]2CC=CCN2)C1. The molecule has 1 fully saturated rings. The number of hydrogen-bond acceptors (Lipinski definition) is 3. The second kappa shape index (κ2) is 6.87. The fraction of sp³-hybridized carbons (Fsp3) is 0.667. The van der Waals surface area contributed by atoms with Crippen molar-refractivity contribution < 1.29 is 9.90 Å². The zero-order chi connectivity index (χ0) is 13.7. The van der Waals surface area contributed by atoms with Crippen LogP contribution in [0, 0.1) is 11.8 Å². The number of carboxylic acid groups (broad SMARTS) is 1. The minimum absolute atomic E-state index is 0.226. The fourth-order valence-corrected chi connectivity index (χ4v) is 3.15. The molecule has 0 aromatic heterocycles. The van der Waals surface area contributed by atoms with Crippen LogP contribution in [0.4, 0.5) is 0 Å². The van der Waals surface area contributed by atoms with Crippen molar-refractivity contribution >= 4 is 5.97 Å². The number of likely N-dealkylation sites (tertiary alicyclic amines) is 1. The Bertz CT molecular complexity index is 354. The van der Waals surface area contributed by atoms with Gasteiger partial charge in [0.1, 0.15) is 0 Å². The van der Waals surface area contributed by atoms with E-state index in [0.717, 1.165) is 38.9 Å². The summed E-state index contributed by atoms with van der Waals surface area (Å²) >= 11 is 0. The molecule has 2 aliphatic rings. The maximum Gasteiger partial charge on any atom is 0.307 e. The summed E-state index contributed by atoms with van der Waals surface area (Å²) in [5, 5.41) is 12.8.